The van der Waals surface area contributed by atoms with Gasteiger partial charge in [-0.2, -0.15) is 0 Å². The van der Waals surface area contributed by atoms with Gasteiger partial charge in [0, 0.05) is 31.3 Å². The largest absolute Gasteiger partial charge is 0.344 e. The third-order valence-corrected chi connectivity index (χ3v) is 9.41. The zero-order valence-corrected chi connectivity index (χ0v) is 22.6. The average Bonchev–Trinajstić information content (AvgIpc) is 3.47. The number of fused-ring (bicyclic) bond motifs is 1. The lowest BCUT2D eigenvalue weighted by Crippen LogP contribution is -2.59. The molecule has 210 valence electrons. The number of nitrogens with zero attached hydrogens (tertiary/aromatic N) is 2. The van der Waals surface area contributed by atoms with E-state index in [4.69, 9.17) is 4.98 Å². The van der Waals surface area contributed by atoms with Crippen molar-refractivity contribution in [2.75, 3.05) is 6.54 Å². The number of para-hydroxylation sites is 1. The van der Waals surface area contributed by atoms with Crippen molar-refractivity contribution in [2.24, 2.45) is 11.3 Å². The first-order valence-corrected chi connectivity index (χ1v) is 14.2. The third-order valence-electron chi connectivity index (χ3n) is 9.41. The Hall–Kier alpha value is -3.04. The fourth-order valence-corrected chi connectivity index (χ4v) is 7.04. The van der Waals surface area contributed by atoms with Gasteiger partial charge >= 0.3 is 0 Å². The number of likely N-dealkylation sites (tertiary alicyclic amines) is 1. The van der Waals surface area contributed by atoms with E-state index in [-0.39, 0.29) is 37.1 Å². The highest BCUT2D eigenvalue weighted by Crippen LogP contribution is 2.64. The van der Waals surface area contributed by atoms with Crippen molar-refractivity contribution < 1.29 is 23.2 Å². The predicted molar refractivity (Wildman–Crippen MR) is 141 cm³/mol. The number of amides is 3. The standard InChI is InChI=1S/C29H37F2N5O3/c1-17-6-5-8-20-23(17)34-26(33-20)28(9-10-28)35-25(39)21(12-22(37)36-11-4-3-7-18(36)2)32-24(38)19-13-27(14-19)15-29(30,31)16-27/h5-6,8,18-19,21H,3-4,7,9-16H2,1-2H3,(H,32,38)(H,33,34)(H,35,39)/t18-,21-/m1/s1. The Morgan fingerprint density at radius 3 is 2.56 bits per heavy atom. The number of piperidine rings is 1. The lowest BCUT2D eigenvalue weighted by Gasteiger charge is -2.56. The maximum atomic E-state index is 13.7. The lowest BCUT2D eigenvalue weighted by molar-refractivity contribution is -0.207. The number of nitrogens with one attached hydrogen (secondary N) is 3. The zero-order valence-electron chi connectivity index (χ0n) is 22.6. The van der Waals surface area contributed by atoms with Crippen LogP contribution in [-0.2, 0) is 19.9 Å². The second-order valence-corrected chi connectivity index (χ2v) is 12.6. The number of H-pyrrole nitrogens is 1. The Kier molecular flexibility index (Phi) is 6.22. The summed E-state index contributed by atoms with van der Waals surface area (Å²) in [6, 6.07) is 4.93. The first-order chi connectivity index (χ1) is 18.5. The number of hydrogen-bond donors (Lipinski definition) is 3. The number of imidazole rings is 1. The zero-order chi connectivity index (χ0) is 27.6. The van der Waals surface area contributed by atoms with Crippen LogP contribution in [0.1, 0.15) is 82.5 Å². The van der Waals surface area contributed by atoms with E-state index in [2.05, 4.69) is 15.6 Å². The van der Waals surface area contributed by atoms with Crippen LogP contribution < -0.4 is 10.6 Å². The molecule has 1 aromatic carbocycles. The highest BCUT2D eigenvalue weighted by Gasteiger charge is 2.63. The fourth-order valence-electron chi connectivity index (χ4n) is 7.04. The third kappa shape index (κ3) is 4.91. The molecule has 1 aliphatic heterocycles. The first-order valence-electron chi connectivity index (χ1n) is 14.2. The Morgan fingerprint density at radius 2 is 1.92 bits per heavy atom. The highest BCUT2D eigenvalue weighted by atomic mass is 19.3. The van der Waals surface area contributed by atoms with Crippen molar-refractivity contribution in [3.8, 4) is 0 Å². The van der Waals surface area contributed by atoms with Crippen LogP contribution in [-0.4, -0.2) is 57.1 Å². The smallest absolute Gasteiger partial charge is 0.249 e. The van der Waals surface area contributed by atoms with E-state index in [0.717, 1.165) is 35.9 Å². The molecule has 3 aliphatic carbocycles. The molecule has 2 aromatic rings. The van der Waals surface area contributed by atoms with E-state index in [1.807, 2.05) is 32.0 Å². The van der Waals surface area contributed by atoms with Gasteiger partial charge in [0.1, 0.15) is 11.9 Å². The molecule has 3 N–H and O–H groups in total. The summed E-state index contributed by atoms with van der Waals surface area (Å²) >= 11 is 0. The molecule has 4 fully saturated rings. The molecular formula is C29H37F2N5O3. The summed E-state index contributed by atoms with van der Waals surface area (Å²) in [5.74, 6) is -3.27. The second kappa shape index (κ2) is 9.27. The van der Waals surface area contributed by atoms with Crippen LogP contribution in [0.5, 0.6) is 0 Å². The maximum absolute atomic E-state index is 13.7. The summed E-state index contributed by atoms with van der Waals surface area (Å²) in [6.07, 6.45) is 4.65. The molecule has 1 spiro atoms. The molecule has 0 radical (unpaired) electrons. The monoisotopic (exact) mass is 541 g/mol. The molecule has 1 saturated heterocycles. The van der Waals surface area contributed by atoms with Crippen LogP contribution in [0.3, 0.4) is 0 Å². The number of carbonyl (C=O) groups is 3. The number of aromatic nitrogens is 2. The van der Waals surface area contributed by atoms with E-state index in [9.17, 15) is 23.2 Å². The molecule has 4 aliphatic rings. The number of aromatic amines is 1. The summed E-state index contributed by atoms with van der Waals surface area (Å²) < 4.78 is 26.9. The molecule has 39 heavy (non-hydrogen) atoms. The Balaban J connectivity index is 1.16. The summed E-state index contributed by atoms with van der Waals surface area (Å²) in [6.45, 7) is 4.64. The van der Waals surface area contributed by atoms with Gasteiger partial charge in [0.15, 0.2) is 0 Å². The SMILES string of the molecule is Cc1cccc2[nH]c(C3(NC(=O)[C@@H](CC(=O)N4CCCC[C@H]4C)NC(=O)C4CC5(C4)CC(F)(F)C5)CC3)nc12. The average molecular weight is 542 g/mol. The van der Waals surface area contributed by atoms with Gasteiger partial charge in [-0.15, -0.1) is 0 Å². The van der Waals surface area contributed by atoms with E-state index >= 15 is 0 Å². The number of carbonyl (C=O) groups excluding carboxylic acids is 3. The van der Waals surface area contributed by atoms with Crippen molar-refractivity contribution in [3.63, 3.8) is 0 Å². The summed E-state index contributed by atoms with van der Waals surface area (Å²) in [5, 5.41) is 5.93. The normalized spacial score (nSPS) is 25.4. The van der Waals surface area contributed by atoms with E-state index in [1.165, 1.54) is 0 Å². The van der Waals surface area contributed by atoms with Crippen molar-refractivity contribution in [1.29, 1.82) is 0 Å². The molecule has 0 bridgehead atoms. The topological polar surface area (TPSA) is 107 Å². The summed E-state index contributed by atoms with van der Waals surface area (Å²) in [4.78, 5) is 50.0. The molecule has 0 unspecified atom stereocenters. The van der Waals surface area contributed by atoms with Gasteiger partial charge < -0.3 is 20.5 Å². The fraction of sp³-hybridized carbons (Fsp3) is 0.655. The van der Waals surface area contributed by atoms with Gasteiger partial charge in [-0.25, -0.2) is 13.8 Å². The van der Waals surface area contributed by atoms with Gasteiger partial charge in [0.05, 0.1) is 23.0 Å². The van der Waals surface area contributed by atoms with Crippen LogP contribution in [0.15, 0.2) is 18.2 Å². The van der Waals surface area contributed by atoms with Gasteiger partial charge in [-0.1, -0.05) is 12.1 Å². The molecule has 2 atom stereocenters. The van der Waals surface area contributed by atoms with Crippen molar-refractivity contribution >= 4 is 28.8 Å². The van der Waals surface area contributed by atoms with E-state index in [0.29, 0.717) is 38.1 Å². The molecule has 8 nitrogen and oxygen atoms in total. The number of benzene rings is 1. The van der Waals surface area contributed by atoms with Crippen LogP contribution in [0, 0.1) is 18.3 Å². The van der Waals surface area contributed by atoms with Crippen LogP contribution in [0.25, 0.3) is 11.0 Å². The maximum Gasteiger partial charge on any atom is 0.249 e. The minimum atomic E-state index is -2.63. The Labute approximate surface area is 226 Å². The van der Waals surface area contributed by atoms with Crippen molar-refractivity contribution in [3.05, 3.63) is 29.6 Å². The van der Waals surface area contributed by atoms with Crippen LogP contribution in [0.2, 0.25) is 0 Å². The number of aryl methyl sites for hydroxylation is 1. The minimum absolute atomic E-state index is 0.0889. The lowest BCUT2D eigenvalue weighted by atomic mass is 9.50. The van der Waals surface area contributed by atoms with Crippen molar-refractivity contribution in [1.82, 2.24) is 25.5 Å². The molecule has 6 rings (SSSR count). The summed E-state index contributed by atoms with van der Waals surface area (Å²) in [7, 11) is 0. The van der Waals surface area contributed by atoms with Gasteiger partial charge in [0.25, 0.3) is 0 Å². The van der Waals surface area contributed by atoms with Gasteiger partial charge in [-0.3, -0.25) is 14.4 Å². The van der Waals surface area contributed by atoms with Gasteiger partial charge in [-0.05, 0) is 75.8 Å². The highest BCUT2D eigenvalue weighted by molar-refractivity contribution is 5.93. The molecule has 2 heterocycles. The minimum Gasteiger partial charge on any atom is -0.344 e. The quantitative estimate of drug-likeness (QED) is 0.491. The second-order valence-electron chi connectivity index (χ2n) is 12.6. The Bertz CT molecular complexity index is 1300. The van der Waals surface area contributed by atoms with Crippen LogP contribution >= 0.6 is 0 Å². The number of halogens is 2. The van der Waals surface area contributed by atoms with Crippen LogP contribution in [0.4, 0.5) is 8.78 Å². The predicted octanol–water partition coefficient (Wildman–Crippen LogP) is 4.08. The molecule has 3 amide bonds. The molecule has 1 aromatic heterocycles. The van der Waals surface area contributed by atoms with E-state index in [1.54, 1.807) is 4.90 Å². The number of hydrogen-bond acceptors (Lipinski definition) is 4. The molecule has 3 saturated carbocycles. The number of alkyl halides is 2. The van der Waals surface area contributed by atoms with Gasteiger partial charge in [0.2, 0.25) is 23.6 Å². The molecular weight excluding hydrogens is 504 g/mol. The summed E-state index contributed by atoms with van der Waals surface area (Å²) in [5.41, 5.74) is 1.67. The first kappa shape index (κ1) is 26.2. The number of rotatable bonds is 7. The van der Waals surface area contributed by atoms with Crippen molar-refractivity contribution in [2.45, 2.75) is 102 Å². The Morgan fingerprint density at radius 1 is 1.18 bits per heavy atom. The van der Waals surface area contributed by atoms with E-state index < -0.39 is 34.7 Å². The molecule has 10 heteroatoms.